The Morgan fingerprint density at radius 2 is 1.55 bits per heavy atom. The van der Waals surface area contributed by atoms with Gasteiger partial charge >= 0.3 is 0 Å². The second-order valence-electron chi connectivity index (χ2n) is 8.47. The summed E-state index contributed by atoms with van der Waals surface area (Å²) in [5, 5.41) is 0. The molecule has 2 amide bonds. The maximum Gasteiger partial charge on any atom is 0.236 e. The van der Waals surface area contributed by atoms with Crippen molar-refractivity contribution in [3.05, 3.63) is 35.6 Å². The van der Waals surface area contributed by atoms with Gasteiger partial charge in [0.25, 0.3) is 0 Å². The van der Waals surface area contributed by atoms with Crippen LogP contribution >= 0.6 is 0 Å². The third-order valence-electron chi connectivity index (χ3n) is 6.59. The first-order valence-electron chi connectivity index (χ1n) is 10.8. The van der Waals surface area contributed by atoms with Gasteiger partial charge in [0, 0.05) is 58.4 Å². The van der Waals surface area contributed by atoms with Crippen LogP contribution in [0.1, 0.15) is 24.8 Å². The molecule has 1 aromatic rings. The second kappa shape index (κ2) is 9.22. The Bertz CT molecular complexity index is 723. The lowest BCUT2D eigenvalue weighted by molar-refractivity contribution is -0.136. The van der Waals surface area contributed by atoms with E-state index in [2.05, 4.69) is 9.80 Å². The smallest absolute Gasteiger partial charge is 0.236 e. The van der Waals surface area contributed by atoms with Crippen molar-refractivity contribution in [3.63, 3.8) is 0 Å². The molecule has 3 fully saturated rings. The van der Waals surface area contributed by atoms with Gasteiger partial charge in [-0.2, -0.15) is 0 Å². The minimum atomic E-state index is -0.313. The van der Waals surface area contributed by atoms with Crippen LogP contribution in [0.15, 0.2) is 24.3 Å². The van der Waals surface area contributed by atoms with Crippen molar-refractivity contribution < 1.29 is 14.0 Å². The number of halogens is 1. The molecule has 0 aromatic heterocycles. The molecule has 1 aliphatic carbocycles. The maximum absolute atomic E-state index is 13.3. The predicted molar refractivity (Wildman–Crippen MR) is 109 cm³/mol. The molecule has 2 heterocycles. The van der Waals surface area contributed by atoms with Crippen molar-refractivity contribution in [2.75, 3.05) is 58.9 Å². The van der Waals surface area contributed by atoms with E-state index < -0.39 is 0 Å². The van der Waals surface area contributed by atoms with E-state index in [-0.39, 0.29) is 24.1 Å². The van der Waals surface area contributed by atoms with Crippen molar-refractivity contribution in [2.45, 2.75) is 31.7 Å². The lowest BCUT2D eigenvalue weighted by atomic mass is 9.91. The fraction of sp³-hybridized carbons (Fsp3) is 0.636. The average molecular weight is 403 g/mol. The Balaban J connectivity index is 1.17. The summed E-state index contributed by atoms with van der Waals surface area (Å²) >= 11 is 0. The van der Waals surface area contributed by atoms with Crippen LogP contribution in [0, 0.1) is 5.82 Å². The van der Waals surface area contributed by atoms with Crippen LogP contribution in [0.2, 0.25) is 0 Å². The summed E-state index contributed by atoms with van der Waals surface area (Å²) in [5.74, 6) is -0.0846. The number of rotatable bonds is 5. The number of carbonyl (C=O) groups is 2. The second-order valence-corrected chi connectivity index (χ2v) is 8.47. The van der Waals surface area contributed by atoms with E-state index in [1.807, 2.05) is 9.80 Å². The summed E-state index contributed by atoms with van der Waals surface area (Å²) in [5.41, 5.74) is 0.702. The van der Waals surface area contributed by atoms with Gasteiger partial charge in [-0.1, -0.05) is 18.6 Å². The van der Waals surface area contributed by atoms with Crippen molar-refractivity contribution in [1.82, 2.24) is 19.6 Å². The zero-order valence-corrected chi connectivity index (χ0v) is 17.1. The summed E-state index contributed by atoms with van der Waals surface area (Å²) in [6.07, 6.45) is 4.20. The molecule has 1 saturated carbocycles. The van der Waals surface area contributed by atoms with E-state index in [1.54, 1.807) is 12.1 Å². The van der Waals surface area contributed by atoms with Crippen LogP contribution in [0.25, 0.3) is 0 Å². The molecule has 3 aliphatic rings. The summed E-state index contributed by atoms with van der Waals surface area (Å²) in [7, 11) is 0. The van der Waals surface area contributed by atoms with E-state index in [0.29, 0.717) is 38.3 Å². The van der Waals surface area contributed by atoms with Crippen LogP contribution in [0.4, 0.5) is 4.39 Å². The minimum Gasteiger partial charge on any atom is -0.340 e. The monoisotopic (exact) mass is 402 g/mol. The van der Waals surface area contributed by atoms with Crippen LogP contribution in [-0.2, 0) is 16.0 Å². The Hall–Kier alpha value is -1.99. The van der Waals surface area contributed by atoms with Crippen LogP contribution in [-0.4, -0.2) is 96.4 Å². The van der Waals surface area contributed by atoms with E-state index in [0.717, 1.165) is 32.2 Å². The fourth-order valence-electron chi connectivity index (χ4n) is 4.47. The highest BCUT2D eigenvalue weighted by Gasteiger charge is 2.30. The Morgan fingerprint density at radius 1 is 0.897 bits per heavy atom. The maximum atomic E-state index is 13.3. The molecular formula is C22H31FN4O2. The molecule has 0 bridgehead atoms. The summed E-state index contributed by atoms with van der Waals surface area (Å²) in [4.78, 5) is 33.6. The van der Waals surface area contributed by atoms with Crippen molar-refractivity contribution >= 4 is 11.8 Å². The van der Waals surface area contributed by atoms with E-state index in [1.165, 1.54) is 31.4 Å². The largest absolute Gasteiger partial charge is 0.340 e. The van der Waals surface area contributed by atoms with Gasteiger partial charge in [0.05, 0.1) is 13.0 Å². The minimum absolute atomic E-state index is 0.0219. The van der Waals surface area contributed by atoms with Crippen molar-refractivity contribution in [3.8, 4) is 0 Å². The van der Waals surface area contributed by atoms with Gasteiger partial charge in [-0.3, -0.25) is 19.4 Å². The SMILES string of the molecule is O=C(Cc1cccc(F)c1)N1CCN(CC(=O)N2CCN(C3CCC3)CC2)CC1. The highest BCUT2D eigenvalue weighted by atomic mass is 19.1. The summed E-state index contributed by atoms with van der Waals surface area (Å²) in [6, 6.07) is 6.97. The van der Waals surface area contributed by atoms with Gasteiger partial charge in [-0.25, -0.2) is 4.39 Å². The van der Waals surface area contributed by atoms with E-state index in [9.17, 15) is 14.0 Å². The molecule has 2 aliphatic heterocycles. The third kappa shape index (κ3) is 5.14. The molecule has 29 heavy (non-hydrogen) atoms. The highest BCUT2D eigenvalue weighted by Crippen LogP contribution is 2.25. The van der Waals surface area contributed by atoms with Crippen LogP contribution in [0.5, 0.6) is 0 Å². The summed E-state index contributed by atoms with van der Waals surface area (Å²) < 4.78 is 13.3. The number of piperazine rings is 2. The molecule has 0 N–H and O–H groups in total. The normalized spacial score (nSPS) is 21.8. The van der Waals surface area contributed by atoms with E-state index in [4.69, 9.17) is 0 Å². The topological polar surface area (TPSA) is 47.1 Å². The van der Waals surface area contributed by atoms with E-state index >= 15 is 0 Å². The molecule has 1 aromatic carbocycles. The zero-order chi connectivity index (χ0) is 20.2. The molecule has 4 rings (SSSR count). The molecule has 0 spiro atoms. The molecule has 0 radical (unpaired) electrons. The van der Waals surface area contributed by atoms with Gasteiger partial charge in [0.1, 0.15) is 5.82 Å². The molecule has 7 heteroatoms. The van der Waals surface area contributed by atoms with Gasteiger partial charge in [-0.15, -0.1) is 0 Å². The molecular weight excluding hydrogens is 371 g/mol. The predicted octanol–water partition coefficient (Wildman–Crippen LogP) is 1.21. The fourth-order valence-corrected chi connectivity index (χ4v) is 4.47. The lowest BCUT2D eigenvalue weighted by Crippen LogP contribution is -2.56. The van der Waals surface area contributed by atoms with Crippen LogP contribution < -0.4 is 0 Å². The first-order chi connectivity index (χ1) is 14.1. The molecule has 0 atom stereocenters. The molecule has 2 saturated heterocycles. The lowest BCUT2D eigenvalue weighted by Gasteiger charge is -2.43. The van der Waals surface area contributed by atoms with Gasteiger partial charge in [-0.05, 0) is 30.5 Å². The first-order valence-corrected chi connectivity index (χ1v) is 10.8. The average Bonchev–Trinajstić information content (AvgIpc) is 2.68. The number of amides is 2. The van der Waals surface area contributed by atoms with Gasteiger partial charge in [0.2, 0.25) is 11.8 Å². The standard InChI is InChI=1S/C22H31FN4O2/c23-19-4-1-3-18(15-19)16-21(28)26-9-7-24(8-10-26)17-22(29)27-13-11-25(12-14-27)20-5-2-6-20/h1,3-4,15,20H,2,5-14,16-17H2. The highest BCUT2D eigenvalue weighted by molar-refractivity contribution is 5.79. The number of nitrogens with zero attached hydrogens (tertiary/aromatic N) is 4. The zero-order valence-electron chi connectivity index (χ0n) is 17.1. The van der Waals surface area contributed by atoms with Crippen molar-refractivity contribution in [1.29, 1.82) is 0 Å². The quantitative estimate of drug-likeness (QED) is 0.743. The number of hydrogen-bond acceptors (Lipinski definition) is 4. The number of hydrogen-bond donors (Lipinski definition) is 0. The molecule has 0 unspecified atom stereocenters. The third-order valence-corrected chi connectivity index (χ3v) is 6.59. The Kier molecular flexibility index (Phi) is 6.45. The molecule has 6 nitrogen and oxygen atoms in total. The Morgan fingerprint density at radius 3 is 2.17 bits per heavy atom. The molecule has 158 valence electrons. The number of benzene rings is 1. The van der Waals surface area contributed by atoms with Gasteiger partial charge in [0.15, 0.2) is 0 Å². The van der Waals surface area contributed by atoms with Crippen molar-refractivity contribution in [2.24, 2.45) is 0 Å². The first kappa shape index (κ1) is 20.3. The Labute approximate surface area is 172 Å². The van der Waals surface area contributed by atoms with Crippen LogP contribution in [0.3, 0.4) is 0 Å². The van der Waals surface area contributed by atoms with Gasteiger partial charge < -0.3 is 9.80 Å². The number of carbonyl (C=O) groups excluding carboxylic acids is 2. The summed E-state index contributed by atoms with van der Waals surface area (Å²) in [6.45, 7) is 6.77.